The Labute approximate surface area is 207 Å². The summed E-state index contributed by atoms with van der Waals surface area (Å²) in [5.41, 5.74) is 5.52. The molecule has 0 spiro atoms. The molecule has 0 heterocycles. The summed E-state index contributed by atoms with van der Waals surface area (Å²) in [7, 11) is 0. The summed E-state index contributed by atoms with van der Waals surface area (Å²) in [5, 5.41) is 7.97. The van der Waals surface area contributed by atoms with E-state index in [1.165, 1.54) is 86.5 Å². The van der Waals surface area contributed by atoms with Crippen molar-refractivity contribution in [1.82, 2.24) is 10.6 Å². The fourth-order valence-corrected chi connectivity index (χ4v) is 5.90. The second-order valence-electron chi connectivity index (χ2n) is 10.6. The van der Waals surface area contributed by atoms with Crippen LogP contribution < -0.4 is 10.6 Å². The third-order valence-corrected chi connectivity index (χ3v) is 7.84. The van der Waals surface area contributed by atoms with Crippen LogP contribution in [0.5, 0.6) is 0 Å². The molecule has 4 rings (SSSR count). The summed E-state index contributed by atoms with van der Waals surface area (Å²) >= 11 is 0. The van der Waals surface area contributed by atoms with Gasteiger partial charge in [-0.1, -0.05) is 111 Å². The van der Waals surface area contributed by atoms with E-state index >= 15 is 0 Å². The quantitative estimate of drug-likeness (QED) is 0.399. The van der Waals surface area contributed by atoms with Crippen LogP contribution in [0.3, 0.4) is 0 Å². The Hall–Kier alpha value is -2.32. The molecule has 2 saturated carbocycles. The van der Waals surface area contributed by atoms with Crippen molar-refractivity contribution in [2.24, 2.45) is 0 Å². The standard InChI is InChI=1S/C32H44N2/c1-25(23-27-15-7-3-8-16-27)32(34-30-21-13-6-14-22-30)31(28-17-9-4-10-18-28)26(2)24-33-29-19-11-5-12-20-29/h3-4,7-10,15-18,23-24,29-34H,5-6,11-14,19-22H2,1-2H3/b25-23+,26-24+. The molecule has 2 aliphatic carbocycles. The second-order valence-corrected chi connectivity index (χ2v) is 10.6. The Morgan fingerprint density at radius 3 is 1.88 bits per heavy atom. The minimum atomic E-state index is 0.273. The van der Waals surface area contributed by atoms with Gasteiger partial charge in [0.1, 0.15) is 0 Å². The first-order valence-electron chi connectivity index (χ1n) is 13.7. The Balaban J connectivity index is 1.66. The van der Waals surface area contributed by atoms with Crippen LogP contribution in [0, 0.1) is 0 Å². The number of rotatable bonds is 9. The molecule has 0 radical (unpaired) electrons. The molecule has 0 aromatic heterocycles. The molecule has 2 N–H and O–H groups in total. The van der Waals surface area contributed by atoms with Gasteiger partial charge in [0, 0.05) is 24.0 Å². The molecule has 2 fully saturated rings. The normalized spacial score (nSPS) is 20.6. The minimum Gasteiger partial charge on any atom is -0.388 e. The van der Waals surface area contributed by atoms with E-state index in [1.807, 2.05) is 0 Å². The van der Waals surface area contributed by atoms with Crippen molar-refractivity contribution in [3.05, 3.63) is 89.1 Å². The lowest BCUT2D eigenvalue weighted by atomic mass is 9.80. The monoisotopic (exact) mass is 456 g/mol. The van der Waals surface area contributed by atoms with Crippen molar-refractivity contribution >= 4 is 6.08 Å². The predicted molar refractivity (Wildman–Crippen MR) is 147 cm³/mol. The zero-order valence-electron chi connectivity index (χ0n) is 21.3. The third-order valence-electron chi connectivity index (χ3n) is 7.84. The van der Waals surface area contributed by atoms with Crippen LogP contribution in [-0.4, -0.2) is 18.1 Å². The molecule has 34 heavy (non-hydrogen) atoms. The van der Waals surface area contributed by atoms with Crippen LogP contribution in [0.25, 0.3) is 6.08 Å². The summed E-state index contributed by atoms with van der Waals surface area (Å²) in [4.78, 5) is 0. The Bertz CT molecular complexity index is 903. The Morgan fingerprint density at radius 2 is 1.26 bits per heavy atom. The van der Waals surface area contributed by atoms with Gasteiger partial charge in [-0.2, -0.15) is 0 Å². The maximum atomic E-state index is 4.16. The highest BCUT2D eigenvalue weighted by molar-refractivity contribution is 5.54. The lowest BCUT2D eigenvalue weighted by Gasteiger charge is -2.35. The summed E-state index contributed by atoms with van der Waals surface area (Å²) in [6.45, 7) is 4.66. The van der Waals surface area contributed by atoms with Crippen molar-refractivity contribution in [3.8, 4) is 0 Å². The van der Waals surface area contributed by atoms with Gasteiger partial charge >= 0.3 is 0 Å². The first kappa shape index (κ1) is 24.8. The number of benzene rings is 2. The summed E-state index contributed by atoms with van der Waals surface area (Å²) in [6.07, 6.45) is 18.1. The Morgan fingerprint density at radius 1 is 0.706 bits per heavy atom. The molecule has 2 heteroatoms. The van der Waals surface area contributed by atoms with E-state index < -0.39 is 0 Å². The summed E-state index contributed by atoms with van der Waals surface area (Å²) in [6, 6.07) is 23.4. The topological polar surface area (TPSA) is 24.1 Å². The second kappa shape index (κ2) is 13.0. The number of nitrogens with one attached hydrogen (secondary N) is 2. The first-order valence-corrected chi connectivity index (χ1v) is 13.7. The van der Waals surface area contributed by atoms with Crippen molar-refractivity contribution in [2.75, 3.05) is 0 Å². The Kier molecular flexibility index (Phi) is 9.44. The van der Waals surface area contributed by atoms with Crippen molar-refractivity contribution < 1.29 is 0 Å². The van der Waals surface area contributed by atoms with Crippen LogP contribution >= 0.6 is 0 Å². The maximum Gasteiger partial charge on any atom is 0.0389 e. The zero-order chi connectivity index (χ0) is 23.6. The molecule has 2 nitrogen and oxygen atoms in total. The van der Waals surface area contributed by atoms with E-state index in [0.717, 1.165) is 0 Å². The maximum absolute atomic E-state index is 4.16. The van der Waals surface area contributed by atoms with Crippen molar-refractivity contribution in [2.45, 2.75) is 102 Å². The molecule has 2 aromatic rings. The summed E-state index contributed by atoms with van der Waals surface area (Å²) < 4.78 is 0. The van der Waals surface area contributed by atoms with Gasteiger partial charge in [-0.15, -0.1) is 0 Å². The largest absolute Gasteiger partial charge is 0.388 e. The molecule has 2 unspecified atom stereocenters. The molecule has 0 aliphatic heterocycles. The van der Waals surface area contributed by atoms with E-state index in [9.17, 15) is 0 Å². The average Bonchev–Trinajstić information content (AvgIpc) is 2.89. The summed E-state index contributed by atoms with van der Waals surface area (Å²) in [5.74, 6) is 0.305. The van der Waals surface area contributed by atoms with Crippen LogP contribution in [0.4, 0.5) is 0 Å². The predicted octanol–water partition coefficient (Wildman–Crippen LogP) is 7.99. The van der Waals surface area contributed by atoms with Crippen LogP contribution in [0.15, 0.2) is 78.0 Å². The van der Waals surface area contributed by atoms with Crippen molar-refractivity contribution in [3.63, 3.8) is 0 Å². The minimum absolute atomic E-state index is 0.273. The molecular weight excluding hydrogens is 412 g/mol. The first-order chi connectivity index (χ1) is 16.7. The van der Waals surface area contributed by atoms with E-state index in [-0.39, 0.29) is 6.04 Å². The number of hydrogen-bond acceptors (Lipinski definition) is 2. The molecule has 0 saturated heterocycles. The number of hydrogen-bond donors (Lipinski definition) is 2. The fourth-order valence-electron chi connectivity index (χ4n) is 5.90. The lowest BCUT2D eigenvalue weighted by Crippen LogP contribution is -2.44. The lowest BCUT2D eigenvalue weighted by molar-refractivity contribution is 0.338. The van der Waals surface area contributed by atoms with Gasteiger partial charge in [0.2, 0.25) is 0 Å². The smallest absolute Gasteiger partial charge is 0.0389 e. The van der Waals surface area contributed by atoms with E-state index in [2.05, 4.69) is 97.4 Å². The molecule has 2 aromatic carbocycles. The van der Waals surface area contributed by atoms with Crippen molar-refractivity contribution in [1.29, 1.82) is 0 Å². The van der Waals surface area contributed by atoms with Gasteiger partial charge in [0.15, 0.2) is 0 Å². The van der Waals surface area contributed by atoms with Gasteiger partial charge in [-0.3, -0.25) is 0 Å². The van der Waals surface area contributed by atoms with Gasteiger partial charge in [-0.25, -0.2) is 0 Å². The van der Waals surface area contributed by atoms with Gasteiger partial charge < -0.3 is 10.6 Å². The molecule has 0 amide bonds. The average molecular weight is 457 g/mol. The van der Waals surface area contributed by atoms with Gasteiger partial charge in [0.25, 0.3) is 0 Å². The van der Waals surface area contributed by atoms with Crippen LogP contribution in [0.1, 0.15) is 95.1 Å². The van der Waals surface area contributed by atoms with Gasteiger partial charge in [0.05, 0.1) is 0 Å². The van der Waals surface area contributed by atoms with E-state index in [1.54, 1.807) is 0 Å². The third kappa shape index (κ3) is 7.09. The van der Waals surface area contributed by atoms with E-state index in [4.69, 9.17) is 0 Å². The molecule has 182 valence electrons. The van der Waals surface area contributed by atoms with Gasteiger partial charge in [-0.05, 0) is 62.4 Å². The highest BCUT2D eigenvalue weighted by Gasteiger charge is 2.29. The van der Waals surface area contributed by atoms with Crippen LogP contribution in [-0.2, 0) is 0 Å². The highest BCUT2D eigenvalue weighted by atomic mass is 15.0. The molecule has 2 atom stereocenters. The van der Waals surface area contributed by atoms with E-state index in [0.29, 0.717) is 18.0 Å². The van der Waals surface area contributed by atoms with Crippen LogP contribution in [0.2, 0.25) is 0 Å². The molecular formula is C32H44N2. The molecule has 0 bridgehead atoms. The SMILES string of the molecule is C/C(=C\c1ccccc1)C(NC1CCCCC1)C(/C(C)=C/NC1CCCCC1)c1ccccc1. The fraction of sp³-hybridized carbons (Fsp3) is 0.500. The highest BCUT2D eigenvalue weighted by Crippen LogP contribution is 2.33. The zero-order valence-corrected chi connectivity index (χ0v) is 21.3. The molecule has 2 aliphatic rings.